The number of urea groups is 1. The molecule has 0 aliphatic carbocycles. The molecular formula is C17H19ClN2O3. The first-order valence-corrected chi connectivity index (χ1v) is 7.69. The zero-order chi connectivity index (χ0) is 16.5. The number of benzene rings is 2. The first kappa shape index (κ1) is 17.1. The standard InChI is InChI=1S/C17H19ClN2O3/c18-14-6-3-5-13(11-14)12-23-16-8-2-1-7-15(16)20-17(22)19-9-4-10-21/h1-3,5-8,11,21H,4,9-10,12H2,(H2,19,20,22). The predicted octanol–water partition coefficient (Wildman–Crippen LogP) is 3.42. The summed E-state index contributed by atoms with van der Waals surface area (Å²) < 4.78 is 5.76. The number of halogens is 1. The van der Waals surface area contributed by atoms with Crippen molar-refractivity contribution in [2.45, 2.75) is 13.0 Å². The molecule has 5 nitrogen and oxygen atoms in total. The number of hydrogen-bond acceptors (Lipinski definition) is 3. The van der Waals surface area contributed by atoms with Gasteiger partial charge in [-0.15, -0.1) is 0 Å². The minimum Gasteiger partial charge on any atom is -0.487 e. The molecule has 0 aliphatic rings. The van der Waals surface area contributed by atoms with Crippen molar-refractivity contribution < 1.29 is 14.6 Å². The van der Waals surface area contributed by atoms with E-state index in [2.05, 4.69) is 10.6 Å². The van der Waals surface area contributed by atoms with E-state index in [1.807, 2.05) is 30.3 Å². The number of carbonyl (C=O) groups excluding carboxylic acids is 1. The maximum absolute atomic E-state index is 11.8. The fourth-order valence-electron chi connectivity index (χ4n) is 1.93. The van der Waals surface area contributed by atoms with Crippen LogP contribution in [-0.2, 0) is 6.61 Å². The summed E-state index contributed by atoms with van der Waals surface area (Å²) in [5.41, 5.74) is 1.52. The lowest BCUT2D eigenvalue weighted by Crippen LogP contribution is -2.30. The Balaban J connectivity index is 1.95. The van der Waals surface area contributed by atoms with Gasteiger partial charge in [0.1, 0.15) is 12.4 Å². The molecule has 2 aromatic carbocycles. The molecule has 0 fully saturated rings. The molecule has 2 amide bonds. The molecule has 0 aromatic heterocycles. The molecule has 0 radical (unpaired) electrons. The highest BCUT2D eigenvalue weighted by Crippen LogP contribution is 2.25. The molecule has 3 N–H and O–H groups in total. The van der Waals surface area contributed by atoms with Gasteiger partial charge in [0.05, 0.1) is 5.69 Å². The zero-order valence-electron chi connectivity index (χ0n) is 12.6. The van der Waals surface area contributed by atoms with E-state index in [9.17, 15) is 4.79 Å². The molecule has 23 heavy (non-hydrogen) atoms. The largest absolute Gasteiger partial charge is 0.487 e. The van der Waals surface area contributed by atoms with E-state index in [1.54, 1.807) is 18.2 Å². The van der Waals surface area contributed by atoms with Crippen LogP contribution in [0.25, 0.3) is 0 Å². The summed E-state index contributed by atoms with van der Waals surface area (Å²) in [6.07, 6.45) is 0.514. The third-order valence-corrected chi connectivity index (χ3v) is 3.27. The van der Waals surface area contributed by atoms with Crippen molar-refractivity contribution in [1.29, 1.82) is 0 Å². The maximum Gasteiger partial charge on any atom is 0.319 e. The lowest BCUT2D eigenvalue weighted by Gasteiger charge is -2.13. The van der Waals surface area contributed by atoms with Gasteiger partial charge < -0.3 is 20.5 Å². The Hall–Kier alpha value is -2.24. The van der Waals surface area contributed by atoms with Crippen LogP contribution in [0.2, 0.25) is 5.02 Å². The van der Waals surface area contributed by atoms with Crippen molar-refractivity contribution in [3.63, 3.8) is 0 Å². The molecular weight excluding hydrogens is 316 g/mol. The predicted molar refractivity (Wildman–Crippen MR) is 91.0 cm³/mol. The van der Waals surface area contributed by atoms with Gasteiger partial charge in [0.15, 0.2) is 0 Å². The van der Waals surface area contributed by atoms with Crippen molar-refractivity contribution in [3.8, 4) is 5.75 Å². The van der Waals surface area contributed by atoms with Crippen molar-refractivity contribution in [2.75, 3.05) is 18.5 Å². The fraction of sp³-hybridized carbons (Fsp3) is 0.235. The van der Waals surface area contributed by atoms with Gasteiger partial charge in [-0.2, -0.15) is 0 Å². The summed E-state index contributed by atoms with van der Waals surface area (Å²) >= 11 is 5.95. The van der Waals surface area contributed by atoms with Gasteiger partial charge in [-0.25, -0.2) is 4.79 Å². The quantitative estimate of drug-likeness (QED) is 0.679. The molecule has 122 valence electrons. The lowest BCUT2D eigenvalue weighted by molar-refractivity contribution is 0.248. The molecule has 2 aromatic rings. The van der Waals surface area contributed by atoms with Crippen LogP contribution in [-0.4, -0.2) is 24.3 Å². The number of ether oxygens (including phenoxy) is 1. The zero-order valence-corrected chi connectivity index (χ0v) is 13.3. The number of nitrogens with one attached hydrogen (secondary N) is 2. The smallest absolute Gasteiger partial charge is 0.319 e. The Bertz CT molecular complexity index is 649. The molecule has 0 saturated carbocycles. The molecule has 0 unspecified atom stereocenters. The van der Waals surface area contributed by atoms with E-state index in [-0.39, 0.29) is 12.6 Å². The highest BCUT2D eigenvalue weighted by atomic mass is 35.5. The third-order valence-electron chi connectivity index (χ3n) is 3.04. The van der Waals surface area contributed by atoms with Crippen molar-refractivity contribution in [2.24, 2.45) is 0 Å². The molecule has 0 heterocycles. The minimum atomic E-state index is -0.336. The lowest BCUT2D eigenvalue weighted by atomic mass is 10.2. The van der Waals surface area contributed by atoms with E-state index in [4.69, 9.17) is 21.4 Å². The van der Waals surface area contributed by atoms with Gasteiger partial charge in [-0.3, -0.25) is 0 Å². The van der Waals surface area contributed by atoms with Crippen LogP contribution in [0.4, 0.5) is 10.5 Å². The van der Waals surface area contributed by atoms with E-state index >= 15 is 0 Å². The van der Waals surface area contributed by atoms with Gasteiger partial charge in [-0.1, -0.05) is 35.9 Å². The Kier molecular flexibility index (Phi) is 6.72. The molecule has 0 aliphatic heterocycles. The number of carbonyl (C=O) groups is 1. The number of hydrogen-bond donors (Lipinski definition) is 3. The molecule has 0 bridgehead atoms. The van der Waals surface area contributed by atoms with E-state index in [1.165, 1.54) is 0 Å². The monoisotopic (exact) mass is 334 g/mol. The summed E-state index contributed by atoms with van der Waals surface area (Å²) in [7, 11) is 0. The van der Waals surface area contributed by atoms with Gasteiger partial charge in [0.2, 0.25) is 0 Å². The molecule has 2 rings (SSSR count). The first-order chi connectivity index (χ1) is 11.2. The highest BCUT2D eigenvalue weighted by Gasteiger charge is 2.07. The molecule has 6 heteroatoms. The summed E-state index contributed by atoms with van der Waals surface area (Å²) in [6.45, 7) is 0.804. The summed E-state index contributed by atoms with van der Waals surface area (Å²) in [5, 5.41) is 14.8. The Morgan fingerprint density at radius 2 is 2.00 bits per heavy atom. The number of aliphatic hydroxyl groups excluding tert-OH is 1. The maximum atomic E-state index is 11.8. The number of aliphatic hydroxyl groups is 1. The normalized spacial score (nSPS) is 10.2. The van der Waals surface area contributed by atoms with E-state index < -0.39 is 0 Å². The van der Waals surface area contributed by atoms with Crippen LogP contribution in [0.1, 0.15) is 12.0 Å². The van der Waals surface area contributed by atoms with Crippen LogP contribution < -0.4 is 15.4 Å². The van der Waals surface area contributed by atoms with Crippen molar-refractivity contribution in [3.05, 3.63) is 59.1 Å². The average Bonchev–Trinajstić information content (AvgIpc) is 2.54. The van der Waals surface area contributed by atoms with Crippen LogP contribution >= 0.6 is 11.6 Å². The van der Waals surface area contributed by atoms with Gasteiger partial charge in [0.25, 0.3) is 0 Å². The van der Waals surface area contributed by atoms with E-state index in [0.717, 1.165) is 5.56 Å². The minimum absolute atomic E-state index is 0.0413. The molecule has 0 atom stereocenters. The van der Waals surface area contributed by atoms with Crippen molar-refractivity contribution in [1.82, 2.24) is 5.32 Å². The van der Waals surface area contributed by atoms with Crippen LogP contribution in [0.5, 0.6) is 5.75 Å². The fourth-order valence-corrected chi connectivity index (χ4v) is 2.14. The number of amides is 2. The second kappa shape index (κ2) is 9.02. The summed E-state index contributed by atoms with van der Waals surface area (Å²) in [6, 6.07) is 14.3. The van der Waals surface area contributed by atoms with Gasteiger partial charge in [-0.05, 0) is 36.2 Å². The van der Waals surface area contributed by atoms with Crippen LogP contribution in [0, 0.1) is 0 Å². The average molecular weight is 335 g/mol. The number of rotatable bonds is 7. The third kappa shape index (κ3) is 5.81. The molecule has 0 spiro atoms. The molecule has 0 saturated heterocycles. The summed E-state index contributed by atoms with van der Waals surface area (Å²) in [5.74, 6) is 0.574. The Labute approximate surface area is 140 Å². The highest BCUT2D eigenvalue weighted by molar-refractivity contribution is 6.30. The number of para-hydroxylation sites is 2. The first-order valence-electron chi connectivity index (χ1n) is 7.31. The summed E-state index contributed by atoms with van der Waals surface area (Å²) in [4.78, 5) is 11.8. The Morgan fingerprint density at radius 1 is 1.17 bits per heavy atom. The van der Waals surface area contributed by atoms with E-state index in [0.29, 0.717) is 36.0 Å². The van der Waals surface area contributed by atoms with Crippen LogP contribution in [0.3, 0.4) is 0 Å². The SMILES string of the molecule is O=C(NCCCO)Nc1ccccc1OCc1cccc(Cl)c1. The second-order valence-corrected chi connectivity index (χ2v) is 5.31. The Morgan fingerprint density at radius 3 is 2.78 bits per heavy atom. The van der Waals surface area contributed by atoms with Crippen LogP contribution in [0.15, 0.2) is 48.5 Å². The number of anilines is 1. The topological polar surface area (TPSA) is 70.6 Å². The van der Waals surface area contributed by atoms with Crippen molar-refractivity contribution >= 4 is 23.3 Å². The van der Waals surface area contributed by atoms with Gasteiger partial charge >= 0.3 is 6.03 Å². The van der Waals surface area contributed by atoms with Gasteiger partial charge in [0, 0.05) is 18.2 Å². The second-order valence-electron chi connectivity index (χ2n) is 4.87.